The minimum absolute atomic E-state index is 0.0490. The van der Waals surface area contributed by atoms with Gasteiger partial charge in [-0.3, -0.25) is 38.3 Å². The molecule has 8 fully saturated rings. The summed E-state index contributed by atoms with van der Waals surface area (Å²) in [6.45, 7) is 25.0. The number of aliphatic hydroxyl groups excluding tert-OH is 1. The van der Waals surface area contributed by atoms with Gasteiger partial charge in [-0.25, -0.2) is 31.6 Å². The molecule has 0 radical (unpaired) electrons. The minimum atomic E-state index is -4.57. The first-order chi connectivity index (χ1) is 58.0. The molecule has 0 bridgehead atoms. The zero-order valence-corrected chi connectivity index (χ0v) is 76.3. The number of primary sulfonamides is 1. The van der Waals surface area contributed by atoms with Gasteiger partial charge in [0.2, 0.25) is 55.5 Å². The molecule has 11 N–H and O–H groups in total. The lowest BCUT2D eigenvalue weighted by Gasteiger charge is -2.36. The zero-order chi connectivity index (χ0) is 95.4. The summed E-state index contributed by atoms with van der Waals surface area (Å²) in [5, 5.41) is 38.7. The number of benzene rings is 3. The Morgan fingerprint density at radius 3 is 0.976 bits per heavy atom. The maximum atomic E-state index is 14.0. The van der Waals surface area contributed by atoms with Crippen LogP contribution in [0.1, 0.15) is 197 Å². The van der Waals surface area contributed by atoms with Gasteiger partial charge in [0.15, 0.2) is 0 Å². The summed E-state index contributed by atoms with van der Waals surface area (Å²) in [5.41, 5.74) is -8.31. The number of ether oxygens (including phenoxy) is 4. The average molecular weight is 1840 g/mol. The van der Waals surface area contributed by atoms with Crippen molar-refractivity contribution in [1.29, 1.82) is 0 Å². The molecule has 11 rings (SSSR count). The quantitative estimate of drug-likeness (QED) is 0.0250. The fourth-order valence-corrected chi connectivity index (χ4v) is 17.9. The van der Waals surface area contributed by atoms with Crippen molar-refractivity contribution in [3.05, 3.63) is 89.5 Å². The van der Waals surface area contributed by atoms with Gasteiger partial charge >= 0.3 is 30.5 Å². The van der Waals surface area contributed by atoms with Gasteiger partial charge in [0, 0.05) is 84.4 Å². The monoisotopic (exact) mass is 1840 g/mol. The molecule has 5 saturated carbocycles. The largest absolute Gasteiger partial charge is 0.479 e. The van der Waals surface area contributed by atoms with Crippen LogP contribution in [0.5, 0.6) is 0 Å². The van der Waals surface area contributed by atoms with E-state index in [0.29, 0.717) is 44.9 Å². The molecule has 0 spiro atoms. The van der Waals surface area contributed by atoms with Crippen molar-refractivity contribution in [2.24, 2.45) is 39.1 Å². The molecule has 708 valence electrons. The van der Waals surface area contributed by atoms with E-state index in [4.69, 9.17) is 29.2 Å². The summed E-state index contributed by atoms with van der Waals surface area (Å²) in [4.78, 5) is 124. The highest BCUT2D eigenvalue weighted by Gasteiger charge is 2.66. The van der Waals surface area contributed by atoms with Gasteiger partial charge in [0.05, 0.1) is 51.6 Å². The lowest BCUT2D eigenvalue weighted by molar-refractivity contribution is -0.148. The van der Waals surface area contributed by atoms with Crippen molar-refractivity contribution in [1.82, 2.24) is 35.4 Å². The second-order valence-corrected chi connectivity index (χ2v) is 41.6. The predicted molar refractivity (Wildman–Crippen MR) is 449 cm³/mol. The summed E-state index contributed by atoms with van der Waals surface area (Å²) >= 11 is 0. The topological polar surface area (TPSA) is 419 Å². The summed E-state index contributed by atoms with van der Waals surface area (Å²) < 4.78 is 188. The number of alkyl halides is 9. The molecule has 3 heterocycles. The number of carbonyl (C=O) groups excluding carboxylic acids is 8. The fraction of sp³-hybridized carbons (Fsp3) is 0.682. The number of esters is 1. The van der Waals surface area contributed by atoms with Crippen LogP contribution in [-0.2, 0) is 101 Å². The van der Waals surface area contributed by atoms with E-state index in [2.05, 4.69) is 36.6 Å². The molecule has 3 aromatic rings. The zero-order valence-electron chi connectivity index (χ0n) is 74.6. The van der Waals surface area contributed by atoms with Crippen LogP contribution < -0.4 is 41.8 Å². The lowest BCUT2D eigenvalue weighted by atomic mass is 9.85. The third kappa shape index (κ3) is 24.5. The van der Waals surface area contributed by atoms with Crippen LogP contribution in [0, 0.1) is 34.0 Å². The van der Waals surface area contributed by atoms with Crippen LogP contribution in [-0.4, -0.2) is 231 Å². The highest BCUT2D eigenvalue weighted by molar-refractivity contribution is 7.91. The number of rotatable bonds is 27. The first-order valence-electron chi connectivity index (χ1n) is 41.7. The van der Waals surface area contributed by atoms with Crippen molar-refractivity contribution in [2.75, 3.05) is 71.1 Å². The summed E-state index contributed by atoms with van der Waals surface area (Å²) in [6.07, 6.45) is -9.32. The number of amides is 7. The van der Waals surface area contributed by atoms with Crippen LogP contribution in [0.3, 0.4) is 0 Å². The number of aliphatic hydroxyl groups is 1. The van der Waals surface area contributed by atoms with Crippen LogP contribution >= 0.6 is 0 Å². The van der Waals surface area contributed by atoms with Gasteiger partial charge in [0.1, 0.15) is 52.9 Å². The van der Waals surface area contributed by atoms with Crippen molar-refractivity contribution in [3.63, 3.8) is 0 Å². The van der Waals surface area contributed by atoms with E-state index in [1.807, 2.05) is 20.8 Å². The Hall–Kier alpha value is -8.64. The van der Waals surface area contributed by atoms with Gasteiger partial charge < -0.3 is 75.8 Å². The second-order valence-electron chi connectivity index (χ2n) is 37.4. The predicted octanol–water partition coefficient (Wildman–Crippen LogP) is 9.99. The second kappa shape index (κ2) is 39.4. The van der Waals surface area contributed by atoms with Crippen LogP contribution in [0.25, 0.3) is 0 Å². The number of likely N-dealkylation sites (tertiary alicyclic amines) is 3. The van der Waals surface area contributed by atoms with E-state index in [-0.39, 0.29) is 80.1 Å². The normalized spacial score (nSPS) is 26.4. The Balaban J connectivity index is 0.000000246. The van der Waals surface area contributed by atoms with Crippen LogP contribution in [0.4, 0.5) is 56.6 Å². The highest BCUT2D eigenvalue weighted by atomic mass is 32.2. The van der Waals surface area contributed by atoms with Crippen LogP contribution in [0.15, 0.2) is 72.8 Å². The number of carbonyl (C=O) groups is 9. The Morgan fingerprint density at radius 2 is 0.746 bits per heavy atom. The third-order valence-electron chi connectivity index (χ3n) is 25.0. The van der Waals surface area contributed by atoms with E-state index in [0.717, 1.165) is 56.3 Å². The molecule has 8 aliphatic rings. The Labute approximate surface area is 730 Å². The van der Waals surface area contributed by atoms with Crippen molar-refractivity contribution in [2.45, 2.75) is 280 Å². The first kappa shape index (κ1) is 104. The van der Waals surface area contributed by atoms with E-state index in [1.54, 1.807) is 76.2 Å². The Bertz CT molecular complexity index is 4670. The molecule has 30 nitrogen and oxygen atoms in total. The number of carboxylic acids is 1. The summed E-state index contributed by atoms with van der Waals surface area (Å²) in [7, 11) is -0.507. The molecule has 3 aromatic carbocycles. The fourth-order valence-electron chi connectivity index (χ4n) is 15.9. The molecule has 0 aromatic heterocycles. The minimum Gasteiger partial charge on any atom is -0.479 e. The maximum absolute atomic E-state index is 14.0. The first-order valence-corrected chi connectivity index (χ1v) is 44.7. The van der Waals surface area contributed by atoms with Crippen molar-refractivity contribution < 1.29 is 129 Å². The van der Waals surface area contributed by atoms with E-state index >= 15 is 0 Å². The average Bonchev–Trinajstić information content (AvgIpc) is 1.62. The number of nitrogens with zero attached hydrogens (tertiary/aromatic N) is 3. The number of hydrogen-bond donors (Lipinski definition) is 10. The molecule has 126 heavy (non-hydrogen) atoms. The lowest BCUT2D eigenvalue weighted by Crippen LogP contribution is -2.59. The molecule has 0 unspecified atom stereocenters. The number of hydrogen-bond acceptors (Lipinski definition) is 21. The SMILES string of the molecule is CC1(S(N)(=O)=O)CC1.CC[C@@H]1C[C@]1(NC(=O)[C@@H]1C[C@@H](OC)CN1C(=O)[C@@H](Nc1cccc(C(F)(F)F)c1)C(C)(C)C)C(=O)NS(=O)(=O)C1(C)CC1.CC[C@@H]1C[C@]1(NC(=O)[C@@H]1C[C@@H](OC)CN1C(=O)[C@@H](Nc1cccc(C(F)(F)F)c1)C(C)(C)C)C(=O)O.CC[C@@H]1C[C@]1(NC(=O)[C@@H]1C[C@@H](OC)CN1C(=O)[C@@H](Nc1cccc(C(F)(F)F)c1)C(C)(C)C)C(=O)OC.CO. The summed E-state index contributed by atoms with van der Waals surface area (Å²) in [5.74, 6) is -6.08. The molecule has 7 amide bonds. The van der Waals surface area contributed by atoms with Gasteiger partial charge in [-0.15, -0.1) is 0 Å². The van der Waals surface area contributed by atoms with Crippen molar-refractivity contribution in [3.8, 4) is 0 Å². The Morgan fingerprint density at radius 1 is 0.468 bits per heavy atom. The smallest absolute Gasteiger partial charge is 0.416 e. The molecule has 41 heteroatoms. The van der Waals surface area contributed by atoms with Gasteiger partial charge in [-0.05, 0) is 147 Å². The number of nitrogens with one attached hydrogen (secondary N) is 7. The van der Waals surface area contributed by atoms with Gasteiger partial charge in [-0.1, -0.05) is 121 Å². The number of nitrogens with two attached hydrogens (primary N) is 1. The molecule has 3 saturated heterocycles. The van der Waals surface area contributed by atoms with Gasteiger partial charge in [-0.2, -0.15) is 39.5 Å². The van der Waals surface area contributed by atoms with Gasteiger partial charge in [0.25, 0.3) is 5.91 Å². The van der Waals surface area contributed by atoms with E-state index in [9.17, 15) is 105 Å². The molecule has 3 aliphatic heterocycles. The third-order valence-corrected chi connectivity index (χ3v) is 29.0. The molecular weight excluding hydrogens is 1710 g/mol. The van der Waals surface area contributed by atoms with Crippen LogP contribution in [0.2, 0.25) is 0 Å². The number of aliphatic carboxylic acids is 1. The number of methoxy groups -OCH3 is 4. The molecule has 15 atom stereocenters. The summed E-state index contributed by atoms with van der Waals surface area (Å²) in [6, 6.07) is 7.92. The van der Waals surface area contributed by atoms with E-state index < -0.39 is 205 Å². The number of anilines is 3. The highest BCUT2D eigenvalue weighted by Crippen LogP contribution is 2.51. The number of carboxylic acid groups (broad SMARTS) is 1. The van der Waals surface area contributed by atoms with E-state index in [1.165, 1.54) is 79.5 Å². The Kier molecular flexibility index (Phi) is 32.6. The molecular formula is C85H124F9N11O19S2. The number of halogens is 9. The van der Waals surface area contributed by atoms with Crippen molar-refractivity contribution >= 4 is 90.4 Å². The standard InChI is InChI=1S/C29H41F3N4O6S.C26H36F3N3O5.C25H34F3N3O5.C4H9NO2S.CH4O/c1-7-17-15-28(17,25(39)35-43(40,41)27(5)11-12-27)34-23(37)21-14-20(42-6)16-36(21)24(38)22(26(2,3)4)33-19-10-8-9-18(13-19)29(30,31)32;1-7-15-13-25(15,23(35)37-6)31-21(33)19-12-18(36-5)14-32(19)22(34)20(24(2,3)4)30-17-10-8-9-16(11-17)26(27,28)29;1-6-14-12-24(14,22(34)35)30-20(32)18-11-17(36-5)13-31(18)21(33)19(23(2,3)4)29-16-9-7-8-15(10-16)25(26,27)28;1-4(2-3-4)8(5,6)7;1-2/h8-10,13,17,20-22,33H,7,11-12,14-16H2,1-6H3,(H,34,37)(H,35,39);8-11,15,18-20,30H,7,12-14H2,1-6H3,(H,31,33);7-10,14,17-19,29H,6,11-13H2,1-5H3,(H,30,32)(H,34,35);2-3H2,1H3,(H2,5,6,7);2H,1H3/t17-,20-,21+,22-,28-;15-,18-,19+,20-,25-;14-,17-,18+,19-,24-;;/m111../s1. The number of sulfonamides is 2. The molecule has 5 aliphatic carbocycles. The maximum Gasteiger partial charge on any atom is 0.416 e.